The molecule has 1 heterocycles. The molecule has 7 nitrogen and oxygen atoms in total. The van der Waals surface area contributed by atoms with Gasteiger partial charge in [0, 0.05) is 25.7 Å². The van der Waals surface area contributed by atoms with Crippen LogP contribution in [0.25, 0.3) is 0 Å². The van der Waals surface area contributed by atoms with Gasteiger partial charge in [-0.05, 0) is 44.0 Å². The molecular weight excluding hydrogens is 352 g/mol. The number of hydrogen-bond donors (Lipinski definition) is 2. The third kappa shape index (κ3) is 5.40. The first-order valence-corrected chi connectivity index (χ1v) is 10.1. The van der Waals surface area contributed by atoms with Crippen LogP contribution in [0.1, 0.15) is 34.5 Å². The molecule has 2 rings (SSSR count). The fourth-order valence-corrected chi connectivity index (χ4v) is 3.53. The van der Waals surface area contributed by atoms with Crippen LogP contribution >= 0.6 is 0 Å². The molecule has 26 heavy (non-hydrogen) atoms. The van der Waals surface area contributed by atoms with Crippen LogP contribution in [-0.4, -0.2) is 31.2 Å². The molecule has 0 bridgehead atoms. The Morgan fingerprint density at radius 2 is 1.77 bits per heavy atom. The van der Waals surface area contributed by atoms with Gasteiger partial charge in [0.2, 0.25) is 15.9 Å². The second-order valence-electron chi connectivity index (χ2n) is 6.33. The molecular formula is C18H26N4O3S. The summed E-state index contributed by atoms with van der Waals surface area (Å²) in [5.74, 6) is -0.0746. The average Bonchev–Trinajstić information content (AvgIpc) is 2.84. The number of aryl methyl sites for hydroxylation is 2. The maximum absolute atomic E-state index is 12.1. The third-order valence-corrected chi connectivity index (χ3v) is 5.78. The zero-order valence-electron chi connectivity index (χ0n) is 15.7. The highest BCUT2D eigenvalue weighted by Gasteiger charge is 2.11. The summed E-state index contributed by atoms with van der Waals surface area (Å²) >= 11 is 0. The van der Waals surface area contributed by atoms with Crippen molar-refractivity contribution in [3.8, 4) is 0 Å². The van der Waals surface area contributed by atoms with Crippen LogP contribution in [0, 0.1) is 13.8 Å². The van der Waals surface area contributed by atoms with E-state index in [-0.39, 0.29) is 11.7 Å². The number of sulfonamides is 1. The maximum atomic E-state index is 12.1. The summed E-state index contributed by atoms with van der Waals surface area (Å²) < 4.78 is 27.2. The SMILES string of the molecule is CNS(=O)(=O)Cc1ccc(CNC(=O)CCc2c(C)nn(C)c2C)cc1. The monoisotopic (exact) mass is 378 g/mol. The molecule has 0 aliphatic carbocycles. The lowest BCUT2D eigenvalue weighted by molar-refractivity contribution is -0.121. The van der Waals surface area contributed by atoms with Crippen LogP contribution in [0.5, 0.6) is 0 Å². The molecule has 0 aliphatic rings. The predicted octanol–water partition coefficient (Wildman–Crippen LogP) is 1.34. The van der Waals surface area contributed by atoms with Crippen LogP contribution in [0.2, 0.25) is 0 Å². The lowest BCUT2D eigenvalue weighted by Crippen LogP contribution is -2.23. The number of rotatable bonds is 8. The van der Waals surface area contributed by atoms with Crippen molar-refractivity contribution in [2.75, 3.05) is 7.05 Å². The lowest BCUT2D eigenvalue weighted by Gasteiger charge is -2.07. The zero-order valence-corrected chi connectivity index (χ0v) is 16.5. The highest BCUT2D eigenvalue weighted by molar-refractivity contribution is 7.88. The summed E-state index contributed by atoms with van der Waals surface area (Å²) in [5.41, 5.74) is 4.81. The van der Waals surface area contributed by atoms with Crippen molar-refractivity contribution in [1.29, 1.82) is 0 Å². The summed E-state index contributed by atoms with van der Waals surface area (Å²) in [5, 5.41) is 7.26. The Hall–Kier alpha value is -2.19. The zero-order chi connectivity index (χ0) is 19.3. The van der Waals surface area contributed by atoms with E-state index in [1.165, 1.54) is 7.05 Å². The smallest absolute Gasteiger partial charge is 0.220 e. The number of aromatic nitrogens is 2. The first-order valence-electron chi connectivity index (χ1n) is 8.46. The minimum atomic E-state index is -3.28. The number of benzene rings is 1. The fraction of sp³-hybridized carbons (Fsp3) is 0.444. The Kier molecular flexibility index (Phi) is 6.55. The van der Waals surface area contributed by atoms with Gasteiger partial charge in [0.1, 0.15) is 0 Å². The van der Waals surface area contributed by atoms with E-state index < -0.39 is 10.0 Å². The van der Waals surface area contributed by atoms with Crippen molar-refractivity contribution < 1.29 is 13.2 Å². The van der Waals surface area contributed by atoms with E-state index in [2.05, 4.69) is 15.1 Å². The molecule has 1 aromatic carbocycles. The van der Waals surface area contributed by atoms with E-state index >= 15 is 0 Å². The summed E-state index contributed by atoms with van der Waals surface area (Å²) in [6, 6.07) is 7.18. The molecule has 0 saturated carbocycles. The molecule has 2 N–H and O–H groups in total. The van der Waals surface area contributed by atoms with E-state index in [1.807, 2.05) is 37.7 Å². The molecule has 0 spiro atoms. The van der Waals surface area contributed by atoms with Crippen molar-refractivity contribution in [2.24, 2.45) is 7.05 Å². The normalized spacial score (nSPS) is 11.5. The third-order valence-electron chi connectivity index (χ3n) is 4.44. The molecule has 0 unspecified atom stereocenters. The van der Waals surface area contributed by atoms with Gasteiger partial charge in [0.15, 0.2) is 0 Å². The van der Waals surface area contributed by atoms with Crippen molar-refractivity contribution in [2.45, 2.75) is 39.0 Å². The summed E-state index contributed by atoms with van der Waals surface area (Å²) in [6.45, 7) is 4.38. The Bertz CT molecular complexity index is 871. The van der Waals surface area contributed by atoms with Crippen LogP contribution < -0.4 is 10.0 Å². The standard InChI is InChI=1S/C18H26N4O3S/c1-13-17(14(2)22(4)21-13)9-10-18(23)20-11-15-5-7-16(8-6-15)12-26(24,25)19-3/h5-8,19H,9-12H2,1-4H3,(H,20,23). The van der Waals surface area contributed by atoms with Gasteiger partial charge in [0.25, 0.3) is 0 Å². The number of nitrogens with one attached hydrogen (secondary N) is 2. The molecule has 0 atom stereocenters. The maximum Gasteiger partial charge on any atom is 0.220 e. The highest BCUT2D eigenvalue weighted by Crippen LogP contribution is 2.14. The Balaban J connectivity index is 1.83. The van der Waals surface area contributed by atoms with Crippen LogP contribution in [0.3, 0.4) is 0 Å². The minimum absolute atomic E-state index is 0.0190. The van der Waals surface area contributed by atoms with Gasteiger partial charge >= 0.3 is 0 Å². The van der Waals surface area contributed by atoms with Gasteiger partial charge in [-0.3, -0.25) is 9.48 Å². The van der Waals surface area contributed by atoms with Gasteiger partial charge in [-0.2, -0.15) is 5.10 Å². The lowest BCUT2D eigenvalue weighted by atomic mass is 10.1. The van der Waals surface area contributed by atoms with E-state index in [0.717, 1.165) is 22.5 Å². The summed E-state index contributed by atoms with van der Waals surface area (Å²) in [6.07, 6.45) is 1.07. The largest absolute Gasteiger partial charge is 0.352 e. The quantitative estimate of drug-likeness (QED) is 0.725. The first kappa shape index (κ1) is 20.1. The molecule has 0 fully saturated rings. The summed E-state index contributed by atoms with van der Waals surface area (Å²) in [4.78, 5) is 12.1. The van der Waals surface area contributed by atoms with Crippen molar-refractivity contribution in [1.82, 2.24) is 19.8 Å². The number of hydrogen-bond acceptors (Lipinski definition) is 4. The molecule has 1 aromatic heterocycles. The number of carbonyl (C=O) groups is 1. The van der Waals surface area contributed by atoms with Crippen molar-refractivity contribution in [3.05, 3.63) is 52.3 Å². The minimum Gasteiger partial charge on any atom is -0.352 e. The van der Waals surface area contributed by atoms with Gasteiger partial charge in [-0.25, -0.2) is 13.1 Å². The molecule has 0 radical (unpaired) electrons. The molecule has 0 aliphatic heterocycles. The van der Waals surface area contributed by atoms with Crippen LogP contribution in [0.4, 0.5) is 0 Å². The molecule has 8 heteroatoms. The summed E-state index contributed by atoms with van der Waals surface area (Å²) in [7, 11) is 0.0199. The molecule has 2 aromatic rings. The van der Waals surface area contributed by atoms with Crippen molar-refractivity contribution >= 4 is 15.9 Å². The van der Waals surface area contributed by atoms with Crippen LogP contribution in [0.15, 0.2) is 24.3 Å². The highest BCUT2D eigenvalue weighted by atomic mass is 32.2. The molecule has 1 amide bonds. The average molecular weight is 378 g/mol. The van der Waals surface area contributed by atoms with E-state index in [9.17, 15) is 13.2 Å². The Morgan fingerprint density at radius 3 is 2.31 bits per heavy atom. The Morgan fingerprint density at radius 1 is 1.15 bits per heavy atom. The van der Waals surface area contributed by atoms with Crippen molar-refractivity contribution in [3.63, 3.8) is 0 Å². The van der Waals surface area contributed by atoms with Gasteiger partial charge in [-0.15, -0.1) is 0 Å². The predicted molar refractivity (Wildman–Crippen MR) is 101 cm³/mol. The molecule has 0 saturated heterocycles. The molecule has 142 valence electrons. The van der Waals surface area contributed by atoms with Gasteiger partial charge < -0.3 is 5.32 Å². The van der Waals surface area contributed by atoms with Gasteiger partial charge in [-0.1, -0.05) is 24.3 Å². The topological polar surface area (TPSA) is 93.1 Å². The second kappa shape index (κ2) is 8.46. The Labute approximate surface area is 154 Å². The number of nitrogens with zero attached hydrogens (tertiary/aromatic N) is 2. The van der Waals surface area contributed by atoms with E-state index in [0.29, 0.717) is 24.9 Å². The number of carbonyl (C=O) groups excluding carboxylic acids is 1. The van der Waals surface area contributed by atoms with E-state index in [4.69, 9.17) is 0 Å². The fourth-order valence-electron chi connectivity index (χ4n) is 2.75. The number of amides is 1. The second-order valence-corrected chi connectivity index (χ2v) is 8.26. The van der Waals surface area contributed by atoms with Crippen LogP contribution in [-0.2, 0) is 40.6 Å². The van der Waals surface area contributed by atoms with Gasteiger partial charge in [0.05, 0.1) is 11.4 Å². The first-order chi connectivity index (χ1) is 12.2. The van der Waals surface area contributed by atoms with E-state index in [1.54, 1.807) is 12.1 Å².